The van der Waals surface area contributed by atoms with Crippen LogP contribution in [0.1, 0.15) is 30.4 Å². The van der Waals surface area contributed by atoms with Crippen molar-refractivity contribution < 1.29 is 4.79 Å². The number of hydrogen-bond donors (Lipinski definition) is 1. The molecule has 0 bridgehead atoms. The molecular formula is C18H27ClN2O. The Bertz CT molecular complexity index is 474. The Morgan fingerprint density at radius 2 is 1.73 bits per heavy atom. The molecule has 1 amide bonds. The average Bonchev–Trinajstić information content (AvgIpc) is 2.85. The Morgan fingerprint density at radius 3 is 2.32 bits per heavy atom. The second-order valence-electron chi connectivity index (χ2n) is 6.62. The molecule has 0 radical (unpaired) electrons. The highest BCUT2D eigenvalue weighted by Gasteiger charge is 2.31. The Kier molecular flexibility index (Phi) is 6.27. The summed E-state index contributed by atoms with van der Waals surface area (Å²) in [4.78, 5) is 14.5. The lowest BCUT2D eigenvalue weighted by molar-refractivity contribution is -0.131. The van der Waals surface area contributed by atoms with Crippen LogP contribution in [0.4, 0.5) is 0 Å². The van der Waals surface area contributed by atoms with Crippen molar-refractivity contribution in [2.75, 3.05) is 26.2 Å². The molecule has 0 aliphatic carbocycles. The van der Waals surface area contributed by atoms with Crippen molar-refractivity contribution in [1.29, 1.82) is 0 Å². The van der Waals surface area contributed by atoms with E-state index in [4.69, 9.17) is 0 Å². The summed E-state index contributed by atoms with van der Waals surface area (Å²) < 4.78 is 0. The van der Waals surface area contributed by atoms with E-state index in [0.29, 0.717) is 12.3 Å². The molecule has 0 saturated carbocycles. The fraction of sp³-hybridized carbons (Fsp3) is 0.611. The Hall–Kier alpha value is -1.06. The summed E-state index contributed by atoms with van der Waals surface area (Å²) in [5, 5.41) is 3.48. The first-order valence-corrected chi connectivity index (χ1v) is 8.26. The molecule has 1 aromatic rings. The molecule has 22 heavy (non-hydrogen) atoms. The van der Waals surface area contributed by atoms with Crippen molar-refractivity contribution in [3.8, 4) is 0 Å². The first kappa shape index (κ1) is 17.3. The standard InChI is InChI=1S/C18H26N2O.ClH/c1-14-2-4-15(5-3-14)6-7-18(21)20-10-8-16-12-19-13-17(16)9-11-20;/h2-5,16-17,19H,6-13H2,1H3;1H/t16-,17+;. The van der Waals surface area contributed by atoms with Crippen molar-refractivity contribution in [3.63, 3.8) is 0 Å². The third kappa shape index (κ3) is 4.23. The van der Waals surface area contributed by atoms with Crippen LogP contribution in [0.15, 0.2) is 24.3 Å². The maximum Gasteiger partial charge on any atom is 0.222 e. The monoisotopic (exact) mass is 322 g/mol. The van der Waals surface area contributed by atoms with Gasteiger partial charge in [0.25, 0.3) is 0 Å². The van der Waals surface area contributed by atoms with Gasteiger partial charge in [-0.25, -0.2) is 0 Å². The fourth-order valence-corrected chi connectivity index (χ4v) is 3.63. The summed E-state index contributed by atoms with van der Waals surface area (Å²) in [6, 6.07) is 8.53. The van der Waals surface area contributed by atoms with Crippen LogP contribution in [-0.2, 0) is 11.2 Å². The van der Waals surface area contributed by atoms with E-state index in [9.17, 15) is 4.79 Å². The Balaban J connectivity index is 0.00000176. The van der Waals surface area contributed by atoms with Gasteiger partial charge in [-0.1, -0.05) is 29.8 Å². The van der Waals surface area contributed by atoms with Crippen LogP contribution in [0.25, 0.3) is 0 Å². The molecule has 2 aliphatic rings. The summed E-state index contributed by atoms with van der Waals surface area (Å²) in [6.45, 7) is 6.30. The number of carbonyl (C=O) groups excluding carboxylic acids is 1. The summed E-state index contributed by atoms with van der Waals surface area (Å²) in [5.74, 6) is 1.92. The van der Waals surface area contributed by atoms with E-state index in [1.807, 2.05) is 0 Å². The first-order chi connectivity index (χ1) is 10.2. The second kappa shape index (κ2) is 7.98. The Labute approximate surface area is 139 Å². The zero-order chi connectivity index (χ0) is 14.7. The lowest BCUT2D eigenvalue weighted by Gasteiger charge is -2.21. The van der Waals surface area contributed by atoms with Gasteiger partial charge in [0, 0.05) is 19.5 Å². The quantitative estimate of drug-likeness (QED) is 0.928. The van der Waals surface area contributed by atoms with Gasteiger partial charge in [0.1, 0.15) is 0 Å². The number of hydrogen-bond acceptors (Lipinski definition) is 2. The van der Waals surface area contributed by atoms with E-state index >= 15 is 0 Å². The van der Waals surface area contributed by atoms with Crippen LogP contribution in [0, 0.1) is 18.8 Å². The predicted molar refractivity (Wildman–Crippen MR) is 92.4 cm³/mol. The molecule has 4 heteroatoms. The van der Waals surface area contributed by atoms with Gasteiger partial charge in [0.2, 0.25) is 5.91 Å². The zero-order valence-electron chi connectivity index (χ0n) is 13.4. The van der Waals surface area contributed by atoms with Gasteiger partial charge in [-0.15, -0.1) is 12.4 Å². The molecule has 3 nitrogen and oxygen atoms in total. The molecule has 1 aromatic carbocycles. The second-order valence-corrected chi connectivity index (χ2v) is 6.62. The van der Waals surface area contributed by atoms with Crippen molar-refractivity contribution in [3.05, 3.63) is 35.4 Å². The number of benzene rings is 1. The predicted octanol–water partition coefficient (Wildman–Crippen LogP) is 2.81. The molecule has 2 heterocycles. The number of carbonyl (C=O) groups is 1. The lowest BCUT2D eigenvalue weighted by atomic mass is 9.92. The van der Waals surface area contributed by atoms with E-state index in [1.54, 1.807) is 0 Å². The molecule has 122 valence electrons. The van der Waals surface area contributed by atoms with Crippen LogP contribution in [0.3, 0.4) is 0 Å². The van der Waals surface area contributed by atoms with Crippen molar-refractivity contribution >= 4 is 18.3 Å². The van der Waals surface area contributed by atoms with Crippen molar-refractivity contribution in [2.45, 2.75) is 32.6 Å². The molecule has 0 spiro atoms. The number of aryl methyl sites for hydroxylation is 2. The number of rotatable bonds is 3. The average molecular weight is 323 g/mol. The summed E-state index contributed by atoms with van der Waals surface area (Å²) in [6.07, 6.45) is 3.86. The maximum absolute atomic E-state index is 12.4. The topological polar surface area (TPSA) is 32.3 Å². The number of fused-ring (bicyclic) bond motifs is 1. The minimum Gasteiger partial charge on any atom is -0.343 e. The number of likely N-dealkylation sites (tertiary alicyclic amines) is 1. The number of nitrogens with one attached hydrogen (secondary N) is 1. The van der Waals surface area contributed by atoms with Gasteiger partial charge < -0.3 is 10.2 Å². The van der Waals surface area contributed by atoms with Gasteiger partial charge in [-0.05, 0) is 56.7 Å². The number of halogens is 1. The third-order valence-corrected chi connectivity index (χ3v) is 5.12. The van der Waals surface area contributed by atoms with Crippen LogP contribution in [0.5, 0.6) is 0 Å². The van der Waals surface area contributed by atoms with Crippen LogP contribution in [-0.4, -0.2) is 37.0 Å². The van der Waals surface area contributed by atoms with Gasteiger partial charge in [-0.3, -0.25) is 4.79 Å². The van der Waals surface area contributed by atoms with Crippen molar-refractivity contribution in [2.24, 2.45) is 11.8 Å². The van der Waals surface area contributed by atoms with E-state index in [0.717, 1.165) is 44.4 Å². The molecule has 2 atom stereocenters. The highest BCUT2D eigenvalue weighted by Crippen LogP contribution is 2.27. The SMILES string of the molecule is Cc1ccc(CCC(=O)N2CC[C@@H]3CNC[C@@H]3CC2)cc1.Cl. The van der Waals surface area contributed by atoms with E-state index in [2.05, 4.69) is 41.4 Å². The van der Waals surface area contributed by atoms with Crippen LogP contribution in [0.2, 0.25) is 0 Å². The number of amides is 1. The highest BCUT2D eigenvalue weighted by molar-refractivity contribution is 5.85. The molecule has 2 fully saturated rings. The smallest absolute Gasteiger partial charge is 0.222 e. The minimum absolute atomic E-state index is 0. The summed E-state index contributed by atoms with van der Waals surface area (Å²) in [5.41, 5.74) is 2.54. The minimum atomic E-state index is 0. The molecule has 0 aromatic heterocycles. The van der Waals surface area contributed by atoms with E-state index in [-0.39, 0.29) is 12.4 Å². The molecular weight excluding hydrogens is 296 g/mol. The van der Waals surface area contributed by atoms with Gasteiger partial charge >= 0.3 is 0 Å². The third-order valence-electron chi connectivity index (χ3n) is 5.12. The summed E-state index contributed by atoms with van der Waals surface area (Å²) in [7, 11) is 0. The zero-order valence-corrected chi connectivity index (χ0v) is 14.2. The van der Waals surface area contributed by atoms with Crippen LogP contribution < -0.4 is 5.32 Å². The highest BCUT2D eigenvalue weighted by atomic mass is 35.5. The largest absolute Gasteiger partial charge is 0.343 e. The van der Waals surface area contributed by atoms with Gasteiger partial charge in [-0.2, -0.15) is 0 Å². The lowest BCUT2D eigenvalue weighted by Crippen LogP contribution is -2.32. The maximum atomic E-state index is 12.4. The van der Waals surface area contributed by atoms with E-state index < -0.39 is 0 Å². The normalized spacial score (nSPS) is 24.3. The van der Waals surface area contributed by atoms with E-state index in [1.165, 1.54) is 24.0 Å². The molecule has 3 rings (SSSR count). The van der Waals surface area contributed by atoms with Gasteiger partial charge in [0.05, 0.1) is 0 Å². The molecule has 2 saturated heterocycles. The van der Waals surface area contributed by atoms with Crippen LogP contribution >= 0.6 is 12.4 Å². The fourth-order valence-electron chi connectivity index (χ4n) is 3.63. The Morgan fingerprint density at radius 1 is 1.14 bits per heavy atom. The number of nitrogens with zero attached hydrogens (tertiary/aromatic N) is 1. The molecule has 1 N–H and O–H groups in total. The first-order valence-electron chi connectivity index (χ1n) is 8.26. The van der Waals surface area contributed by atoms with Gasteiger partial charge in [0.15, 0.2) is 0 Å². The van der Waals surface area contributed by atoms with Crippen molar-refractivity contribution in [1.82, 2.24) is 10.2 Å². The summed E-state index contributed by atoms with van der Waals surface area (Å²) >= 11 is 0. The molecule has 2 aliphatic heterocycles. The molecule has 0 unspecified atom stereocenters.